The Hall–Kier alpha value is -1.64. The molecule has 2 aliphatic rings. The molecule has 1 fully saturated rings. The van der Waals surface area contributed by atoms with Crippen molar-refractivity contribution in [3.05, 3.63) is 71.3 Å². The van der Waals surface area contributed by atoms with E-state index in [1.165, 1.54) is 50.8 Å². The molecule has 25 heavy (non-hydrogen) atoms. The van der Waals surface area contributed by atoms with Gasteiger partial charge in [0, 0.05) is 12.6 Å². The van der Waals surface area contributed by atoms with E-state index in [4.69, 9.17) is 0 Å². The molecule has 1 aliphatic carbocycles. The summed E-state index contributed by atoms with van der Waals surface area (Å²) in [5.41, 5.74) is 4.59. The van der Waals surface area contributed by atoms with Crippen molar-refractivity contribution in [3.63, 3.8) is 0 Å². The monoisotopic (exact) mass is 334 g/mol. The van der Waals surface area contributed by atoms with Crippen LogP contribution in [0.3, 0.4) is 0 Å². The first-order chi connectivity index (χ1) is 12.3. The normalized spacial score (nSPS) is 24.2. The van der Waals surface area contributed by atoms with Gasteiger partial charge >= 0.3 is 0 Å². The molecule has 1 heterocycles. The molecule has 2 nitrogen and oxygen atoms in total. The van der Waals surface area contributed by atoms with Crippen LogP contribution >= 0.6 is 0 Å². The van der Waals surface area contributed by atoms with Crippen molar-refractivity contribution >= 4 is 0 Å². The summed E-state index contributed by atoms with van der Waals surface area (Å²) in [5.74, 6) is 0. The largest absolute Gasteiger partial charge is 0.297 e. The maximum absolute atomic E-state index is 2.76. The Labute approximate surface area is 152 Å². The Kier molecular flexibility index (Phi) is 5.19. The number of rotatable bonds is 4. The van der Waals surface area contributed by atoms with E-state index in [1.54, 1.807) is 11.1 Å². The molecule has 0 amide bonds. The molecule has 0 saturated carbocycles. The fraction of sp³-hybridized carbons (Fsp3) is 0.478. The van der Waals surface area contributed by atoms with Crippen LogP contribution in [-0.4, -0.2) is 36.0 Å². The smallest absolute Gasteiger partial charge is 0.0506 e. The maximum atomic E-state index is 2.76. The van der Waals surface area contributed by atoms with Crippen LogP contribution in [0.15, 0.2) is 54.6 Å². The predicted octanol–water partition coefficient (Wildman–Crippen LogP) is 4.66. The third-order valence-electron chi connectivity index (χ3n) is 6.06. The van der Waals surface area contributed by atoms with Gasteiger partial charge in [0.15, 0.2) is 0 Å². The zero-order chi connectivity index (χ0) is 17.1. The van der Waals surface area contributed by atoms with Gasteiger partial charge in [-0.2, -0.15) is 0 Å². The topological polar surface area (TPSA) is 6.48 Å². The second kappa shape index (κ2) is 7.72. The summed E-state index contributed by atoms with van der Waals surface area (Å²) in [7, 11) is 2.33. The van der Waals surface area contributed by atoms with E-state index in [1.807, 2.05) is 0 Å². The summed E-state index contributed by atoms with van der Waals surface area (Å²) >= 11 is 0. The molecule has 1 saturated heterocycles. The molecule has 1 aliphatic heterocycles. The number of likely N-dealkylation sites (N-methyl/N-ethyl adjacent to an activating group) is 1. The van der Waals surface area contributed by atoms with Crippen molar-refractivity contribution in [1.82, 2.24) is 9.80 Å². The molecule has 2 heteroatoms. The highest BCUT2D eigenvalue weighted by atomic mass is 15.2. The van der Waals surface area contributed by atoms with Crippen molar-refractivity contribution in [2.75, 3.05) is 20.1 Å². The molecule has 4 rings (SSSR count). The van der Waals surface area contributed by atoms with Crippen LogP contribution in [0.5, 0.6) is 0 Å². The zero-order valence-electron chi connectivity index (χ0n) is 15.4. The minimum Gasteiger partial charge on any atom is -0.297 e. The predicted molar refractivity (Wildman–Crippen MR) is 105 cm³/mol. The Balaban J connectivity index is 1.64. The number of aryl methyl sites for hydroxylation is 1. The van der Waals surface area contributed by atoms with E-state index in [9.17, 15) is 0 Å². The molecule has 0 spiro atoms. The van der Waals surface area contributed by atoms with Crippen molar-refractivity contribution in [1.29, 1.82) is 0 Å². The third-order valence-corrected chi connectivity index (χ3v) is 6.06. The lowest BCUT2D eigenvalue weighted by molar-refractivity contribution is 0.101. The summed E-state index contributed by atoms with van der Waals surface area (Å²) in [5, 5.41) is 0. The van der Waals surface area contributed by atoms with Gasteiger partial charge in [0.1, 0.15) is 0 Å². The fourth-order valence-electron chi connectivity index (χ4n) is 4.83. The molecule has 2 aromatic rings. The van der Waals surface area contributed by atoms with Gasteiger partial charge in [-0.15, -0.1) is 0 Å². The number of fused-ring (bicyclic) bond motifs is 1. The van der Waals surface area contributed by atoms with E-state index in [2.05, 4.69) is 71.4 Å². The average Bonchev–Trinajstić information content (AvgIpc) is 3.10. The number of likely N-dealkylation sites (tertiary alicyclic amines) is 1. The zero-order valence-corrected chi connectivity index (χ0v) is 15.4. The van der Waals surface area contributed by atoms with Gasteiger partial charge in [-0.05, 0) is 68.9 Å². The van der Waals surface area contributed by atoms with E-state index < -0.39 is 0 Å². The Bertz CT molecular complexity index is 676. The standard InChI is InChI=1S/C23H30N2/c1-24(18-19-10-3-2-4-11-19)22-15-9-13-20-12-5-6-14-21(20)23(22)25-16-7-8-17-25/h2-6,10-12,14,22-23H,7-9,13,15-18H2,1H3/t22-,23-/m0/s1. The first kappa shape index (κ1) is 16.8. The number of hydrogen-bond donors (Lipinski definition) is 0. The molecular formula is C23H30N2. The average molecular weight is 335 g/mol. The van der Waals surface area contributed by atoms with Crippen LogP contribution in [0.2, 0.25) is 0 Å². The third kappa shape index (κ3) is 3.65. The van der Waals surface area contributed by atoms with Crippen LogP contribution in [0.25, 0.3) is 0 Å². The van der Waals surface area contributed by atoms with Crippen molar-refractivity contribution in [2.24, 2.45) is 0 Å². The summed E-state index contributed by atoms with van der Waals surface area (Å²) in [6.07, 6.45) is 6.53. The van der Waals surface area contributed by atoms with Crippen molar-refractivity contribution in [2.45, 2.75) is 50.7 Å². The maximum Gasteiger partial charge on any atom is 0.0506 e. The molecule has 132 valence electrons. The molecule has 0 radical (unpaired) electrons. The lowest BCUT2D eigenvalue weighted by Crippen LogP contribution is -2.43. The van der Waals surface area contributed by atoms with E-state index in [0.29, 0.717) is 12.1 Å². The fourth-order valence-corrected chi connectivity index (χ4v) is 4.83. The van der Waals surface area contributed by atoms with Gasteiger partial charge < -0.3 is 0 Å². The van der Waals surface area contributed by atoms with Crippen LogP contribution < -0.4 is 0 Å². The lowest BCUT2D eigenvalue weighted by atomic mass is 9.93. The second-order valence-corrected chi connectivity index (χ2v) is 7.75. The first-order valence-electron chi connectivity index (χ1n) is 9.89. The summed E-state index contributed by atoms with van der Waals surface area (Å²) in [6, 6.07) is 21.3. The van der Waals surface area contributed by atoms with Crippen LogP contribution in [0, 0.1) is 0 Å². The van der Waals surface area contributed by atoms with E-state index in [0.717, 1.165) is 6.54 Å². The summed E-state index contributed by atoms with van der Waals surface area (Å²) < 4.78 is 0. The Morgan fingerprint density at radius 1 is 0.920 bits per heavy atom. The van der Waals surface area contributed by atoms with E-state index >= 15 is 0 Å². The quantitative estimate of drug-likeness (QED) is 0.750. The van der Waals surface area contributed by atoms with Crippen LogP contribution in [0.1, 0.15) is 48.4 Å². The molecule has 0 bridgehead atoms. The molecular weight excluding hydrogens is 304 g/mol. The number of nitrogens with zero attached hydrogens (tertiary/aromatic N) is 2. The van der Waals surface area contributed by atoms with Gasteiger partial charge in [0.2, 0.25) is 0 Å². The van der Waals surface area contributed by atoms with Gasteiger partial charge in [-0.25, -0.2) is 0 Å². The van der Waals surface area contributed by atoms with Crippen LogP contribution in [-0.2, 0) is 13.0 Å². The van der Waals surface area contributed by atoms with Gasteiger partial charge in [-0.3, -0.25) is 9.80 Å². The Morgan fingerprint density at radius 3 is 2.44 bits per heavy atom. The summed E-state index contributed by atoms with van der Waals surface area (Å²) in [4.78, 5) is 5.37. The minimum atomic E-state index is 0.551. The Morgan fingerprint density at radius 2 is 1.64 bits per heavy atom. The highest BCUT2D eigenvalue weighted by molar-refractivity contribution is 5.33. The minimum absolute atomic E-state index is 0.551. The van der Waals surface area contributed by atoms with Crippen LogP contribution in [0.4, 0.5) is 0 Å². The van der Waals surface area contributed by atoms with Crippen molar-refractivity contribution < 1.29 is 0 Å². The molecule has 0 aromatic heterocycles. The first-order valence-corrected chi connectivity index (χ1v) is 9.89. The highest BCUT2D eigenvalue weighted by Gasteiger charge is 2.35. The lowest BCUT2D eigenvalue weighted by Gasteiger charge is -2.39. The van der Waals surface area contributed by atoms with Crippen molar-refractivity contribution in [3.8, 4) is 0 Å². The second-order valence-electron chi connectivity index (χ2n) is 7.75. The van der Waals surface area contributed by atoms with Gasteiger partial charge in [-0.1, -0.05) is 54.6 Å². The summed E-state index contributed by atoms with van der Waals surface area (Å²) in [6.45, 7) is 3.56. The van der Waals surface area contributed by atoms with Gasteiger partial charge in [0.25, 0.3) is 0 Å². The number of hydrogen-bond acceptors (Lipinski definition) is 2. The molecule has 2 atom stereocenters. The van der Waals surface area contributed by atoms with E-state index in [-0.39, 0.29) is 0 Å². The molecule has 2 aromatic carbocycles. The molecule has 0 unspecified atom stereocenters. The molecule has 0 N–H and O–H groups in total. The van der Waals surface area contributed by atoms with Gasteiger partial charge in [0.05, 0.1) is 6.04 Å². The highest BCUT2D eigenvalue weighted by Crippen LogP contribution is 2.37. The number of benzene rings is 2. The SMILES string of the molecule is CN(Cc1ccccc1)[C@H]1CCCc2ccccc2[C@@H]1N1CCCC1.